The first-order valence-corrected chi connectivity index (χ1v) is 10.0. The lowest BCUT2D eigenvalue weighted by atomic mass is 10.0. The van der Waals surface area contributed by atoms with Crippen molar-refractivity contribution in [2.45, 2.75) is 0 Å². The van der Waals surface area contributed by atoms with E-state index in [0.717, 1.165) is 0 Å². The molecule has 2 aromatic heterocycles. The normalized spacial score (nSPS) is 10.6. The summed E-state index contributed by atoms with van der Waals surface area (Å²) in [5, 5.41) is 3.17. The molecule has 2 aromatic carbocycles. The third kappa shape index (κ3) is 4.10. The zero-order valence-electron chi connectivity index (χ0n) is 16.9. The van der Waals surface area contributed by atoms with E-state index < -0.39 is 6.09 Å². The van der Waals surface area contributed by atoms with E-state index in [2.05, 4.69) is 20.3 Å². The second-order valence-electron chi connectivity index (χ2n) is 6.41. The molecule has 162 valence electrons. The number of aromatic nitrogens is 3. The number of rotatable bonds is 5. The van der Waals surface area contributed by atoms with E-state index in [0.29, 0.717) is 39.3 Å². The molecule has 0 aliphatic carbocycles. The molecule has 0 radical (unpaired) electrons. The summed E-state index contributed by atoms with van der Waals surface area (Å²) in [5.41, 5.74) is 2.30. The van der Waals surface area contributed by atoms with Gasteiger partial charge in [0.25, 0.3) is 0 Å². The van der Waals surface area contributed by atoms with Crippen LogP contribution in [0.1, 0.15) is 0 Å². The lowest BCUT2D eigenvalue weighted by Crippen LogP contribution is -2.17. The molecule has 8 nitrogen and oxygen atoms in total. The molecule has 0 bridgehead atoms. The Morgan fingerprint density at radius 2 is 1.59 bits per heavy atom. The number of hydrogen-bond donors (Lipinski definition) is 1. The van der Waals surface area contributed by atoms with Crippen LogP contribution in [0, 0.1) is 0 Å². The molecule has 0 aliphatic rings. The Labute approximate surface area is 193 Å². The molecule has 32 heavy (non-hydrogen) atoms. The molecule has 0 atom stereocenters. The second-order valence-corrected chi connectivity index (χ2v) is 7.16. The molecular weight excluding hydrogens is 455 g/mol. The highest BCUT2D eigenvalue weighted by molar-refractivity contribution is 6.41. The number of methoxy groups -OCH3 is 2. The van der Waals surface area contributed by atoms with Crippen LogP contribution in [0.2, 0.25) is 10.0 Å². The number of fused-ring (bicyclic) bond motifs is 1. The minimum Gasteiger partial charge on any atom is -0.495 e. The molecule has 0 saturated heterocycles. The molecular formula is C22H16Cl2N4O4. The summed E-state index contributed by atoms with van der Waals surface area (Å²) in [6.45, 7) is 0. The van der Waals surface area contributed by atoms with E-state index in [1.165, 1.54) is 32.8 Å². The van der Waals surface area contributed by atoms with Crippen molar-refractivity contribution in [3.63, 3.8) is 0 Å². The number of pyridine rings is 1. The van der Waals surface area contributed by atoms with E-state index in [1.54, 1.807) is 36.5 Å². The first-order valence-electron chi connectivity index (χ1n) is 9.26. The third-order valence-corrected chi connectivity index (χ3v) is 5.29. The molecule has 0 fully saturated rings. The monoisotopic (exact) mass is 470 g/mol. The number of benzene rings is 2. The van der Waals surface area contributed by atoms with Crippen molar-refractivity contribution < 1.29 is 19.0 Å². The summed E-state index contributed by atoms with van der Waals surface area (Å²) >= 11 is 13.2. The van der Waals surface area contributed by atoms with Gasteiger partial charge in [0.15, 0.2) is 5.75 Å². The zero-order valence-corrected chi connectivity index (χ0v) is 18.4. The van der Waals surface area contributed by atoms with Crippen molar-refractivity contribution in [3.05, 3.63) is 65.2 Å². The minimum atomic E-state index is -0.697. The van der Waals surface area contributed by atoms with Crippen LogP contribution in [-0.4, -0.2) is 35.3 Å². The van der Waals surface area contributed by atoms with E-state index in [1.807, 2.05) is 0 Å². The van der Waals surface area contributed by atoms with Gasteiger partial charge in [-0.25, -0.2) is 9.78 Å². The van der Waals surface area contributed by atoms with E-state index in [4.69, 9.17) is 37.4 Å². The smallest absolute Gasteiger partial charge is 0.417 e. The van der Waals surface area contributed by atoms with Crippen LogP contribution < -0.4 is 19.5 Å². The van der Waals surface area contributed by atoms with Crippen molar-refractivity contribution in [2.75, 3.05) is 19.5 Å². The predicted molar refractivity (Wildman–Crippen MR) is 122 cm³/mol. The number of anilines is 1. The van der Waals surface area contributed by atoms with Gasteiger partial charge in [-0.1, -0.05) is 23.2 Å². The summed E-state index contributed by atoms with van der Waals surface area (Å²) < 4.78 is 16.2. The van der Waals surface area contributed by atoms with Crippen molar-refractivity contribution in [3.8, 4) is 28.4 Å². The number of amides is 1. The van der Waals surface area contributed by atoms with Gasteiger partial charge in [-0.15, -0.1) is 0 Å². The Morgan fingerprint density at radius 3 is 2.22 bits per heavy atom. The molecule has 1 amide bonds. The van der Waals surface area contributed by atoms with Gasteiger partial charge in [0, 0.05) is 35.8 Å². The van der Waals surface area contributed by atoms with Crippen LogP contribution in [0.5, 0.6) is 17.2 Å². The number of hydrogen-bond acceptors (Lipinski definition) is 7. The van der Waals surface area contributed by atoms with Crippen LogP contribution in [0.15, 0.2) is 55.1 Å². The maximum absolute atomic E-state index is 12.4. The Hall–Kier alpha value is -3.62. The molecule has 0 aliphatic heterocycles. The topological polar surface area (TPSA) is 95.5 Å². The van der Waals surface area contributed by atoms with Gasteiger partial charge in [0.1, 0.15) is 22.5 Å². The molecule has 4 aromatic rings. The molecule has 0 spiro atoms. The highest BCUT2D eigenvalue weighted by Gasteiger charge is 2.22. The van der Waals surface area contributed by atoms with Crippen LogP contribution >= 0.6 is 23.2 Å². The number of ether oxygens (including phenoxy) is 3. The number of nitrogens with zero attached hydrogens (tertiary/aromatic N) is 3. The minimum absolute atomic E-state index is 0.209. The molecule has 10 heteroatoms. The largest absolute Gasteiger partial charge is 0.495 e. The Balaban J connectivity index is 1.80. The van der Waals surface area contributed by atoms with Crippen LogP contribution in [0.4, 0.5) is 10.5 Å². The molecule has 0 unspecified atom stereocenters. The third-order valence-electron chi connectivity index (χ3n) is 4.54. The Bertz CT molecular complexity index is 1270. The number of nitrogens with one attached hydrogen (secondary N) is 1. The molecule has 4 rings (SSSR count). The van der Waals surface area contributed by atoms with E-state index >= 15 is 0 Å². The quantitative estimate of drug-likeness (QED) is 0.403. The van der Waals surface area contributed by atoms with Gasteiger partial charge in [-0.3, -0.25) is 15.3 Å². The predicted octanol–water partition coefficient (Wildman–Crippen LogP) is 5.63. The van der Waals surface area contributed by atoms with Crippen LogP contribution in [-0.2, 0) is 0 Å². The maximum atomic E-state index is 12.4. The lowest BCUT2D eigenvalue weighted by molar-refractivity contribution is 0.215. The maximum Gasteiger partial charge on any atom is 0.417 e. The van der Waals surface area contributed by atoms with Crippen molar-refractivity contribution in [1.29, 1.82) is 0 Å². The highest BCUT2D eigenvalue weighted by Crippen LogP contribution is 2.47. The summed E-state index contributed by atoms with van der Waals surface area (Å²) in [7, 11) is 2.99. The fraction of sp³-hybridized carbons (Fsp3) is 0.0909. The number of carbonyl (C=O) groups excluding carboxylic acids is 1. The summed E-state index contributed by atoms with van der Waals surface area (Å²) in [4.78, 5) is 25.1. The average molecular weight is 471 g/mol. The van der Waals surface area contributed by atoms with Crippen LogP contribution in [0.3, 0.4) is 0 Å². The molecule has 2 heterocycles. The first-order chi connectivity index (χ1) is 15.5. The highest BCUT2D eigenvalue weighted by atomic mass is 35.5. The first kappa shape index (κ1) is 21.6. The van der Waals surface area contributed by atoms with Crippen molar-refractivity contribution >= 4 is 46.0 Å². The zero-order chi connectivity index (χ0) is 22.7. The van der Waals surface area contributed by atoms with Gasteiger partial charge < -0.3 is 14.2 Å². The van der Waals surface area contributed by atoms with Gasteiger partial charge in [-0.05, 0) is 24.3 Å². The molecule has 1 N–H and O–H groups in total. The lowest BCUT2D eigenvalue weighted by Gasteiger charge is -2.16. The fourth-order valence-electron chi connectivity index (χ4n) is 3.12. The molecule has 0 saturated carbocycles. The summed E-state index contributed by atoms with van der Waals surface area (Å²) in [5.74, 6) is 0.979. The standard InChI is InChI=1S/C22H16Cl2N4O4/c1-30-15-10-16(31-2)19(24)17(18(15)23)13-5-6-14(21-20(13)26-8-9-27-21)32-22(29)28-12-4-3-7-25-11-12/h3-11H,1-2H3,(H,28,29). The second kappa shape index (κ2) is 9.25. The van der Waals surface area contributed by atoms with Gasteiger partial charge in [-0.2, -0.15) is 0 Å². The SMILES string of the molecule is COc1cc(OC)c(Cl)c(-c2ccc(OC(=O)Nc3cccnc3)c3nccnc23)c1Cl. The summed E-state index contributed by atoms with van der Waals surface area (Å²) in [6, 6.07) is 8.27. The fourth-order valence-corrected chi connectivity index (χ4v) is 3.82. The van der Waals surface area contributed by atoms with Gasteiger partial charge in [0.2, 0.25) is 0 Å². The Kier molecular flexibility index (Phi) is 6.25. The summed E-state index contributed by atoms with van der Waals surface area (Å²) in [6.07, 6.45) is 5.42. The van der Waals surface area contributed by atoms with Gasteiger partial charge >= 0.3 is 6.09 Å². The number of halogens is 2. The van der Waals surface area contributed by atoms with Crippen molar-refractivity contribution in [1.82, 2.24) is 15.0 Å². The van der Waals surface area contributed by atoms with E-state index in [9.17, 15) is 4.79 Å². The number of carbonyl (C=O) groups is 1. The van der Waals surface area contributed by atoms with Crippen molar-refractivity contribution in [2.24, 2.45) is 0 Å². The van der Waals surface area contributed by atoms with Crippen LogP contribution in [0.25, 0.3) is 22.2 Å². The Morgan fingerprint density at radius 1 is 0.906 bits per heavy atom. The van der Waals surface area contributed by atoms with E-state index in [-0.39, 0.29) is 15.8 Å². The average Bonchev–Trinajstić information content (AvgIpc) is 2.81. The van der Waals surface area contributed by atoms with Gasteiger partial charge in [0.05, 0.1) is 36.1 Å².